The fourth-order valence-electron chi connectivity index (χ4n) is 1.69. The first-order valence-corrected chi connectivity index (χ1v) is 6.92. The lowest BCUT2D eigenvalue weighted by molar-refractivity contribution is -0.116. The summed E-state index contributed by atoms with van der Waals surface area (Å²) < 4.78 is 0. The van der Waals surface area contributed by atoms with Gasteiger partial charge < -0.3 is 21.9 Å². The number of nitrogens with one attached hydrogen (secondary N) is 1. The molecule has 0 saturated carbocycles. The van der Waals surface area contributed by atoms with Gasteiger partial charge in [-0.1, -0.05) is 11.2 Å². The number of phenolic OH excluding ortho intramolecular Hbond substituents is 1. The number of rotatable bonds is 8. The minimum Gasteiger partial charge on any atom is -0.508 e. The summed E-state index contributed by atoms with van der Waals surface area (Å²) in [5.74, 6) is -0.233. The number of guanidine groups is 1. The van der Waals surface area contributed by atoms with E-state index in [9.17, 15) is 9.90 Å². The highest BCUT2D eigenvalue weighted by atomic mass is 16.3. The average molecular weight is 317 g/mol. The van der Waals surface area contributed by atoms with Crippen LogP contribution < -0.4 is 16.8 Å². The maximum absolute atomic E-state index is 11.7. The number of nitrogens with two attached hydrogens (primary N) is 2. The second-order valence-corrected chi connectivity index (χ2v) is 4.57. The number of aliphatic imine (C=N–C) groups is 1. The Bertz CT molecular complexity index is 645. The fraction of sp³-hybridized carbons (Fsp3) is 0.286. The predicted molar refractivity (Wildman–Crippen MR) is 88.9 cm³/mol. The van der Waals surface area contributed by atoms with Gasteiger partial charge in [-0.25, -0.2) is 0 Å². The first-order valence-electron chi connectivity index (χ1n) is 6.92. The molecule has 0 aliphatic carbocycles. The Morgan fingerprint density at radius 2 is 2.17 bits per heavy atom. The van der Waals surface area contributed by atoms with E-state index < -0.39 is 0 Å². The third-order valence-corrected chi connectivity index (χ3v) is 2.76. The van der Waals surface area contributed by atoms with Crippen molar-refractivity contribution < 1.29 is 9.90 Å². The van der Waals surface area contributed by atoms with Gasteiger partial charge in [-0.05, 0) is 42.1 Å². The van der Waals surface area contributed by atoms with Crippen LogP contribution in [-0.2, 0) is 4.79 Å². The van der Waals surface area contributed by atoms with Crippen LogP contribution in [0.2, 0.25) is 0 Å². The van der Waals surface area contributed by atoms with Gasteiger partial charge in [-0.15, -0.1) is 0 Å². The zero-order valence-corrected chi connectivity index (χ0v) is 12.5. The normalized spacial score (nSPS) is 10.1. The molecule has 0 fully saturated rings. The molecule has 0 radical (unpaired) electrons. The summed E-state index contributed by atoms with van der Waals surface area (Å²) in [7, 11) is 0. The zero-order valence-electron chi connectivity index (χ0n) is 12.5. The smallest absolute Gasteiger partial charge is 0.243 e. The molecule has 0 unspecified atom stereocenters. The zero-order chi connectivity index (χ0) is 17.1. The van der Waals surface area contributed by atoms with E-state index in [1.807, 2.05) is 0 Å². The number of carbonyl (C=O) groups excluding carboxylic acids is 1. The second-order valence-electron chi connectivity index (χ2n) is 4.57. The first kappa shape index (κ1) is 17.9. The van der Waals surface area contributed by atoms with Crippen molar-refractivity contribution in [3.8, 4) is 5.75 Å². The van der Waals surface area contributed by atoms with E-state index in [0.717, 1.165) is 12.8 Å². The number of aromatic hydroxyl groups is 1. The third kappa shape index (κ3) is 7.39. The SMILES string of the molecule is [N-]=[N+]=Nc1cc(O)ccc1/C=C\C(=O)NCCCCN=C(N)N. The molecule has 23 heavy (non-hydrogen) atoms. The van der Waals surface area contributed by atoms with Gasteiger partial charge in [0.05, 0.1) is 0 Å². The van der Waals surface area contributed by atoms with Gasteiger partial charge in [0, 0.05) is 29.8 Å². The van der Waals surface area contributed by atoms with Crippen LogP contribution in [0.4, 0.5) is 5.69 Å². The Balaban J connectivity index is 2.46. The highest BCUT2D eigenvalue weighted by Gasteiger charge is 2.00. The maximum atomic E-state index is 11.7. The number of amides is 1. The molecule has 6 N–H and O–H groups in total. The van der Waals surface area contributed by atoms with Crippen LogP contribution >= 0.6 is 0 Å². The van der Waals surface area contributed by atoms with E-state index in [-0.39, 0.29) is 23.3 Å². The lowest BCUT2D eigenvalue weighted by atomic mass is 10.1. The topological polar surface area (TPSA) is 162 Å². The van der Waals surface area contributed by atoms with Crippen molar-refractivity contribution in [2.24, 2.45) is 21.6 Å². The van der Waals surface area contributed by atoms with Gasteiger partial charge in [0.2, 0.25) is 5.91 Å². The van der Waals surface area contributed by atoms with E-state index in [2.05, 4.69) is 20.3 Å². The lowest BCUT2D eigenvalue weighted by Gasteiger charge is -2.02. The monoisotopic (exact) mass is 317 g/mol. The maximum Gasteiger partial charge on any atom is 0.243 e. The van der Waals surface area contributed by atoms with Gasteiger partial charge in [-0.2, -0.15) is 0 Å². The number of carbonyl (C=O) groups is 1. The summed E-state index contributed by atoms with van der Waals surface area (Å²) in [6.07, 6.45) is 4.36. The van der Waals surface area contributed by atoms with E-state index in [0.29, 0.717) is 18.7 Å². The Morgan fingerprint density at radius 3 is 2.87 bits per heavy atom. The van der Waals surface area contributed by atoms with Crippen LogP contribution in [0.1, 0.15) is 18.4 Å². The van der Waals surface area contributed by atoms with Gasteiger partial charge >= 0.3 is 0 Å². The van der Waals surface area contributed by atoms with Gasteiger partial charge in [0.1, 0.15) is 5.75 Å². The lowest BCUT2D eigenvalue weighted by Crippen LogP contribution is -2.24. The standard InChI is InChI=1S/C14H19N7O2/c15-14(16)19-8-2-1-7-18-13(23)6-4-10-3-5-11(22)9-12(10)20-21-17/h3-6,9,22H,1-2,7-8H2,(H,18,23)(H4,15,16,19)/b6-4-. The number of azide groups is 1. The molecule has 9 nitrogen and oxygen atoms in total. The molecule has 0 saturated heterocycles. The van der Waals surface area contributed by atoms with Crippen molar-refractivity contribution in [2.45, 2.75) is 12.8 Å². The molecule has 0 atom stereocenters. The van der Waals surface area contributed by atoms with Crippen LogP contribution in [0.25, 0.3) is 16.5 Å². The summed E-state index contributed by atoms with van der Waals surface area (Å²) in [6, 6.07) is 4.32. The minimum absolute atomic E-state index is 0.0187. The van der Waals surface area contributed by atoms with Crippen LogP contribution in [0.3, 0.4) is 0 Å². The Kier molecular flexibility index (Phi) is 7.53. The molecule has 1 amide bonds. The van der Waals surface area contributed by atoms with Crippen molar-refractivity contribution in [3.05, 3.63) is 40.3 Å². The third-order valence-electron chi connectivity index (χ3n) is 2.76. The molecule has 0 aliphatic rings. The van der Waals surface area contributed by atoms with Gasteiger partial charge in [0.25, 0.3) is 0 Å². The number of nitrogens with zero attached hydrogens (tertiary/aromatic N) is 4. The van der Waals surface area contributed by atoms with Gasteiger partial charge in [0.15, 0.2) is 5.96 Å². The summed E-state index contributed by atoms with van der Waals surface area (Å²) in [6.45, 7) is 1.03. The van der Waals surface area contributed by atoms with Gasteiger partial charge in [-0.3, -0.25) is 9.79 Å². The van der Waals surface area contributed by atoms with E-state index in [1.54, 1.807) is 6.07 Å². The Hall–Kier alpha value is -3.19. The summed E-state index contributed by atoms with van der Waals surface area (Å²) in [4.78, 5) is 18.2. The number of unbranched alkanes of at least 4 members (excludes halogenated alkanes) is 1. The first-order chi connectivity index (χ1) is 11.0. The fourth-order valence-corrected chi connectivity index (χ4v) is 1.69. The summed E-state index contributed by atoms with van der Waals surface area (Å²) >= 11 is 0. The Labute approximate surface area is 133 Å². The number of benzene rings is 1. The molecule has 0 aromatic heterocycles. The Morgan fingerprint density at radius 1 is 1.39 bits per heavy atom. The van der Waals surface area contributed by atoms with Crippen LogP contribution in [0.15, 0.2) is 34.4 Å². The molecule has 1 rings (SSSR count). The van der Waals surface area contributed by atoms with Crippen LogP contribution in [-0.4, -0.2) is 30.1 Å². The molecule has 1 aromatic carbocycles. The van der Waals surface area contributed by atoms with Crippen molar-refractivity contribution in [1.29, 1.82) is 0 Å². The summed E-state index contributed by atoms with van der Waals surface area (Å²) in [5, 5.41) is 15.5. The van der Waals surface area contributed by atoms with Crippen molar-refractivity contribution in [2.75, 3.05) is 13.1 Å². The second kappa shape index (κ2) is 9.69. The van der Waals surface area contributed by atoms with E-state index >= 15 is 0 Å². The van der Waals surface area contributed by atoms with E-state index in [1.165, 1.54) is 24.3 Å². The van der Waals surface area contributed by atoms with Crippen molar-refractivity contribution in [1.82, 2.24) is 5.32 Å². The molecule has 0 aliphatic heterocycles. The molecule has 0 heterocycles. The van der Waals surface area contributed by atoms with E-state index in [4.69, 9.17) is 17.0 Å². The highest BCUT2D eigenvalue weighted by Crippen LogP contribution is 2.25. The van der Waals surface area contributed by atoms with Crippen LogP contribution in [0, 0.1) is 0 Å². The number of phenols is 1. The number of hydrogen-bond donors (Lipinski definition) is 4. The van der Waals surface area contributed by atoms with Crippen molar-refractivity contribution >= 4 is 23.6 Å². The molecule has 122 valence electrons. The minimum atomic E-state index is -0.271. The summed E-state index contributed by atoms with van der Waals surface area (Å²) in [5.41, 5.74) is 19.7. The molecule has 0 bridgehead atoms. The van der Waals surface area contributed by atoms with Crippen LogP contribution in [0.5, 0.6) is 5.75 Å². The molecular weight excluding hydrogens is 298 g/mol. The van der Waals surface area contributed by atoms with Crippen molar-refractivity contribution in [3.63, 3.8) is 0 Å². The molecule has 9 heteroatoms. The molecule has 1 aromatic rings. The number of hydrogen-bond acceptors (Lipinski definition) is 4. The predicted octanol–water partition coefficient (Wildman–Crippen LogP) is 1.52. The molecular formula is C14H19N7O2. The quantitative estimate of drug-likeness (QED) is 0.109. The highest BCUT2D eigenvalue weighted by molar-refractivity contribution is 5.92. The molecule has 0 spiro atoms. The average Bonchev–Trinajstić information content (AvgIpc) is 2.50. The largest absolute Gasteiger partial charge is 0.508 e.